The van der Waals surface area contributed by atoms with E-state index < -0.39 is 0 Å². The molecule has 28 heavy (non-hydrogen) atoms. The van der Waals surface area contributed by atoms with E-state index in [9.17, 15) is 4.79 Å². The minimum Gasteiger partial charge on any atom is -0.376 e. The van der Waals surface area contributed by atoms with Crippen molar-refractivity contribution in [1.82, 2.24) is 14.8 Å². The Labute approximate surface area is 181 Å². The number of hydrogen-bond donors (Lipinski definition) is 2. The highest BCUT2D eigenvalue weighted by molar-refractivity contribution is 7.99. The summed E-state index contributed by atoms with van der Waals surface area (Å²) in [5, 5.41) is 16.6. The minimum atomic E-state index is -0.152. The molecule has 0 aliphatic carbocycles. The molecule has 0 radical (unpaired) electrons. The van der Waals surface area contributed by atoms with Crippen LogP contribution in [-0.4, -0.2) is 26.4 Å². The van der Waals surface area contributed by atoms with Gasteiger partial charge < -0.3 is 15.2 Å². The predicted octanol–water partition coefficient (Wildman–Crippen LogP) is 5.12. The molecule has 1 amide bonds. The van der Waals surface area contributed by atoms with Gasteiger partial charge in [-0.15, -0.1) is 10.2 Å². The summed E-state index contributed by atoms with van der Waals surface area (Å²) in [5.74, 6) is 0.751. The number of rotatable bonds is 7. The summed E-state index contributed by atoms with van der Waals surface area (Å²) in [6.45, 7) is 0.416. The number of benzene rings is 2. The fourth-order valence-corrected chi connectivity index (χ4v) is 3.60. The smallest absolute Gasteiger partial charge is 0.234 e. The number of thioether (sulfide) groups is 1. The first-order valence-corrected chi connectivity index (χ1v) is 10.3. The lowest BCUT2D eigenvalue weighted by Crippen LogP contribution is -2.14. The van der Waals surface area contributed by atoms with E-state index in [4.69, 9.17) is 34.8 Å². The quantitative estimate of drug-likeness (QED) is 0.483. The zero-order chi connectivity index (χ0) is 20.1. The highest BCUT2D eigenvalue weighted by Crippen LogP contribution is 2.26. The third kappa shape index (κ3) is 5.54. The van der Waals surface area contributed by atoms with Crippen molar-refractivity contribution in [1.29, 1.82) is 0 Å². The Balaban J connectivity index is 1.55. The molecule has 1 aromatic heterocycles. The second-order valence-electron chi connectivity index (χ2n) is 5.78. The maximum Gasteiger partial charge on any atom is 0.234 e. The van der Waals surface area contributed by atoms with Crippen LogP contribution in [0.4, 0.5) is 11.4 Å². The molecular formula is C18H16Cl3N5OS. The van der Waals surface area contributed by atoms with Gasteiger partial charge in [0, 0.05) is 22.8 Å². The highest BCUT2D eigenvalue weighted by atomic mass is 35.5. The number of carbonyl (C=O) groups is 1. The largest absolute Gasteiger partial charge is 0.376 e. The Morgan fingerprint density at radius 3 is 2.68 bits per heavy atom. The molecule has 0 saturated heterocycles. The van der Waals surface area contributed by atoms with E-state index in [1.807, 2.05) is 11.6 Å². The van der Waals surface area contributed by atoms with Crippen LogP contribution >= 0.6 is 46.6 Å². The molecule has 3 aromatic rings. The van der Waals surface area contributed by atoms with Crippen LogP contribution in [0, 0.1) is 0 Å². The Morgan fingerprint density at radius 1 is 1.11 bits per heavy atom. The van der Waals surface area contributed by atoms with Crippen molar-refractivity contribution in [3.05, 3.63) is 63.4 Å². The summed E-state index contributed by atoms with van der Waals surface area (Å²) in [5.41, 5.74) is 1.37. The number of nitrogens with zero attached hydrogens (tertiary/aromatic N) is 3. The molecule has 0 spiro atoms. The first kappa shape index (κ1) is 20.8. The molecule has 10 heteroatoms. The zero-order valence-electron chi connectivity index (χ0n) is 14.7. The van der Waals surface area contributed by atoms with Crippen LogP contribution in [0.2, 0.25) is 15.1 Å². The predicted molar refractivity (Wildman–Crippen MR) is 116 cm³/mol. The molecule has 6 nitrogen and oxygen atoms in total. The Kier molecular flexibility index (Phi) is 7.07. The molecule has 0 atom stereocenters. The van der Waals surface area contributed by atoms with Crippen LogP contribution < -0.4 is 10.6 Å². The SMILES string of the molecule is Cn1c(CNc2cc(Cl)ccc2Cl)nnc1SCC(=O)Nc1cccc(Cl)c1. The van der Waals surface area contributed by atoms with Crippen molar-refractivity contribution in [3.63, 3.8) is 0 Å². The zero-order valence-corrected chi connectivity index (χ0v) is 17.8. The van der Waals surface area contributed by atoms with E-state index in [-0.39, 0.29) is 11.7 Å². The first-order chi connectivity index (χ1) is 13.4. The van der Waals surface area contributed by atoms with Crippen molar-refractivity contribution < 1.29 is 4.79 Å². The summed E-state index contributed by atoms with van der Waals surface area (Å²) >= 11 is 19.4. The van der Waals surface area contributed by atoms with Gasteiger partial charge in [-0.05, 0) is 36.4 Å². The second kappa shape index (κ2) is 9.52. The number of nitrogens with one attached hydrogen (secondary N) is 2. The Bertz CT molecular complexity index is 995. The van der Waals surface area contributed by atoms with Gasteiger partial charge in [0.05, 0.1) is 23.0 Å². The van der Waals surface area contributed by atoms with Gasteiger partial charge in [0.1, 0.15) is 0 Å². The third-order valence-electron chi connectivity index (χ3n) is 3.73. The number of amides is 1. The number of anilines is 2. The van der Waals surface area contributed by atoms with Crippen LogP contribution in [0.15, 0.2) is 47.6 Å². The van der Waals surface area contributed by atoms with Gasteiger partial charge in [0.15, 0.2) is 11.0 Å². The summed E-state index contributed by atoms with van der Waals surface area (Å²) in [7, 11) is 1.84. The van der Waals surface area contributed by atoms with E-state index in [1.54, 1.807) is 42.5 Å². The second-order valence-corrected chi connectivity index (χ2v) is 8.01. The first-order valence-electron chi connectivity index (χ1n) is 8.18. The van der Waals surface area contributed by atoms with E-state index in [2.05, 4.69) is 20.8 Å². The highest BCUT2D eigenvalue weighted by Gasteiger charge is 2.12. The molecule has 3 rings (SSSR count). The maximum atomic E-state index is 12.1. The number of aromatic nitrogens is 3. The van der Waals surface area contributed by atoms with Gasteiger partial charge in [0.25, 0.3) is 0 Å². The lowest BCUT2D eigenvalue weighted by molar-refractivity contribution is -0.113. The molecule has 146 valence electrons. The molecule has 0 bridgehead atoms. The topological polar surface area (TPSA) is 71.8 Å². The van der Waals surface area contributed by atoms with Crippen molar-refractivity contribution in [3.8, 4) is 0 Å². The average molecular weight is 457 g/mol. The summed E-state index contributed by atoms with van der Waals surface area (Å²) in [6, 6.07) is 12.2. The van der Waals surface area contributed by atoms with Crippen LogP contribution in [0.3, 0.4) is 0 Å². The van der Waals surface area contributed by atoms with E-state index in [1.165, 1.54) is 11.8 Å². The fraction of sp³-hybridized carbons (Fsp3) is 0.167. The van der Waals surface area contributed by atoms with Crippen LogP contribution in [0.25, 0.3) is 0 Å². The van der Waals surface area contributed by atoms with Gasteiger partial charge in [-0.1, -0.05) is 52.6 Å². The summed E-state index contributed by atoms with van der Waals surface area (Å²) in [6.07, 6.45) is 0. The normalized spacial score (nSPS) is 10.7. The summed E-state index contributed by atoms with van der Waals surface area (Å²) < 4.78 is 1.82. The van der Waals surface area contributed by atoms with Crippen LogP contribution in [-0.2, 0) is 18.4 Å². The van der Waals surface area contributed by atoms with E-state index in [0.29, 0.717) is 44.0 Å². The molecule has 2 N–H and O–H groups in total. The number of hydrogen-bond acceptors (Lipinski definition) is 5. The van der Waals surface area contributed by atoms with Gasteiger partial charge in [0.2, 0.25) is 5.91 Å². The molecule has 1 heterocycles. The lowest BCUT2D eigenvalue weighted by Gasteiger charge is -2.09. The maximum absolute atomic E-state index is 12.1. The molecular weight excluding hydrogens is 441 g/mol. The van der Waals surface area contributed by atoms with E-state index >= 15 is 0 Å². The molecule has 0 fully saturated rings. The molecule has 0 saturated carbocycles. The number of carbonyl (C=O) groups excluding carboxylic acids is 1. The monoisotopic (exact) mass is 455 g/mol. The molecule has 0 aliphatic heterocycles. The van der Waals surface area contributed by atoms with Gasteiger partial charge in [-0.2, -0.15) is 0 Å². The van der Waals surface area contributed by atoms with Gasteiger partial charge >= 0.3 is 0 Å². The van der Waals surface area contributed by atoms with Crippen LogP contribution in [0.1, 0.15) is 5.82 Å². The standard InChI is InChI=1S/C18H16Cl3N5OS/c1-26-16(9-22-15-8-12(20)5-6-14(15)21)24-25-18(26)28-10-17(27)23-13-4-2-3-11(19)7-13/h2-8,22H,9-10H2,1H3,(H,23,27). The van der Waals surface area contributed by atoms with Crippen molar-refractivity contribution in [2.24, 2.45) is 7.05 Å². The Morgan fingerprint density at radius 2 is 1.89 bits per heavy atom. The van der Waals surface area contributed by atoms with Crippen molar-refractivity contribution >= 4 is 63.8 Å². The fourth-order valence-electron chi connectivity index (χ4n) is 2.33. The van der Waals surface area contributed by atoms with E-state index in [0.717, 1.165) is 0 Å². The van der Waals surface area contributed by atoms with Crippen molar-refractivity contribution in [2.45, 2.75) is 11.7 Å². The summed E-state index contributed by atoms with van der Waals surface area (Å²) in [4.78, 5) is 12.1. The Hall–Kier alpha value is -1.93. The molecule has 0 aliphatic rings. The van der Waals surface area contributed by atoms with Gasteiger partial charge in [-0.3, -0.25) is 4.79 Å². The average Bonchev–Trinajstić information content (AvgIpc) is 3.00. The minimum absolute atomic E-state index is 0.152. The lowest BCUT2D eigenvalue weighted by atomic mass is 10.3. The third-order valence-corrected chi connectivity index (χ3v) is 5.55. The number of halogens is 3. The molecule has 2 aromatic carbocycles. The van der Waals surface area contributed by atoms with Gasteiger partial charge in [-0.25, -0.2) is 0 Å². The van der Waals surface area contributed by atoms with Crippen LogP contribution in [0.5, 0.6) is 0 Å². The molecule has 0 unspecified atom stereocenters. The van der Waals surface area contributed by atoms with Crippen molar-refractivity contribution in [2.75, 3.05) is 16.4 Å².